The third kappa shape index (κ3) is 5.16. The van der Waals surface area contributed by atoms with Crippen LogP contribution in [0.5, 0.6) is 11.5 Å². The number of hydrogen-bond donors (Lipinski definition) is 1. The predicted molar refractivity (Wildman–Crippen MR) is 125 cm³/mol. The smallest absolute Gasteiger partial charge is 0.340 e. The van der Waals surface area contributed by atoms with Gasteiger partial charge in [0.2, 0.25) is 0 Å². The van der Waals surface area contributed by atoms with E-state index in [1.165, 1.54) is 0 Å². The first kappa shape index (κ1) is 21.2. The Morgan fingerprint density at radius 2 is 1.31 bits per heavy atom. The zero-order valence-corrected chi connectivity index (χ0v) is 17.8. The summed E-state index contributed by atoms with van der Waals surface area (Å²) in [5.74, 6) is -0.210. The molecular weight excluding hydrogens is 400 g/mol. The molecule has 0 radical (unpaired) electrons. The SMILES string of the molecule is Cc1ccc(-c2cc(OCc3ccccc3)cc(OCc3ccccc3)c2C(=O)O)cc1. The molecule has 4 nitrogen and oxygen atoms in total. The quantitative estimate of drug-likeness (QED) is 0.350. The normalized spacial score (nSPS) is 10.5. The third-order valence-electron chi connectivity index (χ3n) is 5.14. The van der Waals surface area contributed by atoms with Gasteiger partial charge in [0, 0.05) is 11.6 Å². The Hall–Kier alpha value is -4.05. The average molecular weight is 424 g/mol. The molecule has 0 saturated carbocycles. The lowest BCUT2D eigenvalue weighted by molar-refractivity contribution is 0.0692. The Morgan fingerprint density at radius 3 is 1.88 bits per heavy atom. The lowest BCUT2D eigenvalue weighted by atomic mass is 9.97. The molecule has 0 spiro atoms. The number of carboxylic acids is 1. The Balaban J connectivity index is 1.73. The van der Waals surface area contributed by atoms with Crippen LogP contribution in [0.4, 0.5) is 0 Å². The summed E-state index contributed by atoms with van der Waals surface area (Å²) in [4.78, 5) is 12.3. The fourth-order valence-electron chi connectivity index (χ4n) is 3.44. The van der Waals surface area contributed by atoms with Crippen molar-refractivity contribution in [2.45, 2.75) is 20.1 Å². The molecule has 32 heavy (non-hydrogen) atoms. The van der Waals surface area contributed by atoms with E-state index in [1.807, 2.05) is 91.9 Å². The van der Waals surface area contributed by atoms with Crippen LogP contribution in [0.3, 0.4) is 0 Å². The van der Waals surface area contributed by atoms with Crippen molar-refractivity contribution in [1.82, 2.24) is 0 Å². The van der Waals surface area contributed by atoms with Crippen molar-refractivity contribution in [2.75, 3.05) is 0 Å². The Bertz CT molecular complexity index is 1180. The minimum Gasteiger partial charge on any atom is -0.489 e. The van der Waals surface area contributed by atoms with Gasteiger partial charge in [-0.15, -0.1) is 0 Å². The molecule has 0 aromatic heterocycles. The van der Waals surface area contributed by atoms with Gasteiger partial charge in [-0.25, -0.2) is 4.79 Å². The molecule has 0 fully saturated rings. The van der Waals surface area contributed by atoms with Gasteiger partial charge in [-0.05, 0) is 29.7 Å². The second-order valence-electron chi connectivity index (χ2n) is 7.56. The highest BCUT2D eigenvalue weighted by Gasteiger charge is 2.21. The number of carbonyl (C=O) groups is 1. The third-order valence-corrected chi connectivity index (χ3v) is 5.14. The summed E-state index contributed by atoms with van der Waals surface area (Å²) < 4.78 is 12.0. The number of carboxylic acid groups (broad SMARTS) is 1. The van der Waals surface area contributed by atoms with Crippen molar-refractivity contribution in [1.29, 1.82) is 0 Å². The number of aryl methyl sites for hydroxylation is 1. The molecule has 4 rings (SSSR count). The summed E-state index contributed by atoms with van der Waals surface area (Å²) in [6.45, 7) is 2.63. The molecule has 0 heterocycles. The maximum Gasteiger partial charge on any atom is 0.340 e. The lowest BCUT2D eigenvalue weighted by Crippen LogP contribution is -2.07. The minimum atomic E-state index is -1.04. The first-order chi connectivity index (χ1) is 15.6. The standard InChI is InChI=1S/C28H24O4/c1-20-12-14-23(15-13-20)25-16-24(31-18-21-8-4-2-5-9-21)17-26(27(25)28(29)30)32-19-22-10-6-3-7-11-22/h2-17H,18-19H2,1H3,(H,29,30). The average Bonchev–Trinajstić information content (AvgIpc) is 2.82. The molecule has 0 aliphatic carbocycles. The van der Waals surface area contributed by atoms with Crippen LogP contribution in [0.15, 0.2) is 97.1 Å². The van der Waals surface area contributed by atoms with Crippen LogP contribution >= 0.6 is 0 Å². The van der Waals surface area contributed by atoms with Gasteiger partial charge in [0.05, 0.1) is 0 Å². The molecule has 4 heteroatoms. The molecule has 0 aliphatic heterocycles. The highest BCUT2D eigenvalue weighted by molar-refractivity contribution is 5.99. The topological polar surface area (TPSA) is 55.8 Å². The first-order valence-electron chi connectivity index (χ1n) is 10.4. The Labute approximate surface area is 187 Å². The van der Waals surface area contributed by atoms with E-state index >= 15 is 0 Å². The van der Waals surface area contributed by atoms with Gasteiger partial charge >= 0.3 is 5.97 Å². The van der Waals surface area contributed by atoms with Crippen molar-refractivity contribution in [3.8, 4) is 22.6 Å². The zero-order chi connectivity index (χ0) is 22.3. The van der Waals surface area contributed by atoms with Crippen molar-refractivity contribution >= 4 is 5.97 Å². The summed E-state index contributed by atoms with van der Waals surface area (Å²) in [5, 5.41) is 10.0. The van der Waals surface area contributed by atoms with E-state index in [0.717, 1.165) is 22.3 Å². The zero-order valence-electron chi connectivity index (χ0n) is 17.8. The molecule has 4 aromatic rings. The molecular formula is C28H24O4. The number of benzene rings is 4. The van der Waals surface area contributed by atoms with Crippen LogP contribution < -0.4 is 9.47 Å². The molecule has 0 bridgehead atoms. The van der Waals surface area contributed by atoms with E-state index in [4.69, 9.17) is 9.47 Å². The van der Waals surface area contributed by atoms with Crippen molar-refractivity contribution < 1.29 is 19.4 Å². The summed E-state index contributed by atoms with van der Waals surface area (Å²) in [6, 6.07) is 30.7. The number of rotatable bonds is 8. The number of aromatic carboxylic acids is 1. The molecule has 0 unspecified atom stereocenters. The van der Waals surface area contributed by atoms with Crippen LogP contribution in [0.1, 0.15) is 27.0 Å². The first-order valence-corrected chi connectivity index (χ1v) is 10.4. The monoisotopic (exact) mass is 424 g/mol. The molecule has 0 aliphatic rings. The largest absolute Gasteiger partial charge is 0.489 e. The molecule has 0 amide bonds. The highest BCUT2D eigenvalue weighted by atomic mass is 16.5. The number of ether oxygens (including phenoxy) is 2. The van der Waals surface area contributed by atoms with Gasteiger partial charge in [0.25, 0.3) is 0 Å². The van der Waals surface area contributed by atoms with Gasteiger partial charge in [-0.3, -0.25) is 0 Å². The maximum atomic E-state index is 12.3. The van der Waals surface area contributed by atoms with E-state index in [0.29, 0.717) is 17.9 Å². The molecule has 0 saturated heterocycles. The van der Waals surface area contributed by atoms with Crippen LogP contribution in [0.25, 0.3) is 11.1 Å². The summed E-state index contributed by atoms with van der Waals surface area (Å²) in [6.07, 6.45) is 0. The van der Waals surface area contributed by atoms with E-state index < -0.39 is 5.97 Å². The Morgan fingerprint density at radius 1 is 0.750 bits per heavy atom. The maximum absolute atomic E-state index is 12.3. The van der Waals surface area contributed by atoms with Gasteiger partial charge < -0.3 is 14.6 Å². The summed E-state index contributed by atoms with van der Waals surface area (Å²) >= 11 is 0. The van der Waals surface area contributed by atoms with Crippen molar-refractivity contribution in [2.24, 2.45) is 0 Å². The molecule has 0 atom stereocenters. The molecule has 160 valence electrons. The number of hydrogen-bond acceptors (Lipinski definition) is 3. The van der Waals surface area contributed by atoms with Crippen LogP contribution in [0.2, 0.25) is 0 Å². The second-order valence-corrected chi connectivity index (χ2v) is 7.56. The van der Waals surface area contributed by atoms with Crippen LogP contribution in [-0.4, -0.2) is 11.1 Å². The van der Waals surface area contributed by atoms with E-state index in [1.54, 1.807) is 12.1 Å². The van der Waals surface area contributed by atoms with Gasteiger partial charge in [0.1, 0.15) is 30.3 Å². The summed E-state index contributed by atoms with van der Waals surface area (Å²) in [5.41, 5.74) is 4.56. The fourth-order valence-corrected chi connectivity index (χ4v) is 3.44. The van der Waals surface area contributed by atoms with Gasteiger partial charge in [-0.2, -0.15) is 0 Å². The van der Waals surface area contributed by atoms with Gasteiger partial charge in [0.15, 0.2) is 0 Å². The lowest BCUT2D eigenvalue weighted by Gasteiger charge is -2.17. The fraction of sp³-hybridized carbons (Fsp3) is 0.107. The molecule has 1 N–H and O–H groups in total. The van der Waals surface area contributed by atoms with Crippen LogP contribution in [-0.2, 0) is 13.2 Å². The van der Waals surface area contributed by atoms with E-state index in [-0.39, 0.29) is 17.9 Å². The second kappa shape index (κ2) is 9.84. The van der Waals surface area contributed by atoms with Crippen LogP contribution in [0, 0.1) is 6.92 Å². The van der Waals surface area contributed by atoms with E-state index in [2.05, 4.69) is 0 Å². The Kier molecular flexibility index (Phi) is 6.52. The summed E-state index contributed by atoms with van der Waals surface area (Å²) in [7, 11) is 0. The van der Waals surface area contributed by atoms with E-state index in [9.17, 15) is 9.90 Å². The molecule has 4 aromatic carbocycles. The van der Waals surface area contributed by atoms with Crippen molar-refractivity contribution in [3.63, 3.8) is 0 Å². The minimum absolute atomic E-state index is 0.122. The van der Waals surface area contributed by atoms with Gasteiger partial charge in [-0.1, -0.05) is 90.5 Å². The predicted octanol–water partition coefficient (Wildman–Crippen LogP) is 6.52. The highest BCUT2D eigenvalue weighted by Crippen LogP contribution is 2.36. The van der Waals surface area contributed by atoms with Crippen molar-refractivity contribution in [3.05, 3.63) is 119 Å².